The first-order valence-electron chi connectivity index (χ1n) is 14.8. The lowest BCUT2D eigenvalue weighted by Crippen LogP contribution is -2.57. The van der Waals surface area contributed by atoms with E-state index >= 15 is 0 Å². The van der Waals surface area contributed by atoms with Crippen LogP contribution in [0.5, 0.6) is 5.75 Å². The Bertz CT molecular complexity index is 1670. The van der Waals surface area contributed by atoms with Crippen LogP contribution in [-0.2, 0) is 19.8 Å². The molecule has 0 aliphatic carbocycles. The van der Waals surface area contributed by atoms with Gasteiger partial charge in [-0.3, -0.25) is 14.4 Å². The van der Waals surface area contributed by atoms with Gasteiger partial charge in [0.05, 0.1) is 11.5 Å². The molecular weight excluding hydrogens is 604 g/mol. The molecule has 10 heteroatoms. The molecule has 3 heterocycles. The molecule has 44 heavy (non-hydrogen) atoms. The summed E-state index contributed by atoms with van der Waals surface area (Å²) in [6.07, 6.45) is 1.90. The van der Waals surface area contributed by atoms with Gasteiger partial charge in [0.2, 0.25) is 17.7 Å². The summed E-state index contributed by atoms with van der Waals surface area (Å²) in [5.41, 5.74) is 0.674. The third kappa shape index (κ3) is 5.12. The van der Waals surface area contributed by atoms with Crippen LogP contribution < -0.4 is 15.4 Å². The SMILES string of the molecule is Cc1ccc(F)cc1C1NC(=O)CC(c2cc(Cl)ccc2OCC(C)(C)C(=O)N2CCCC2)C12C(=O)Nc1cc(Cl)ccc12. The van der Waals surface area contributed by atoms with Crippen LogP contribution in [0, 0.1) is 18.2 Å². The van der Waals surface area contributed by atoms with Crippen molar-refractivity contribution in [1.29, 1.82) is 0 Å². The number of rotatable bonds is 6. The maximum Gasteiger partial charge on any atom is 0.238 e. The summed E-state index contributed by atoms with van der Waals surface area (Å²) in [5.74, 6) is -1.48. The lowest BCUT2D eigenvalue weighted by atomic mass is 9.59. The number of ether oxygens (including phenoxy) is 1. The van der Waals surface area contributed by atoms with Gasteiger partial charge in [-0.25, -0.2) is 4.39 Å². The van der Waals surface area contributed by atoms with Crippen molar-refractivity contribution in [1.82, 2.24) is 10.2 Å². The highest BCUT2D eigenvalue weighted by Crippen LogP contribution is 2.59. The molecule has 2 fully saturated rings. The molecule has 6 rings (SSSR count). The molecule has 1 spiro atoms. The van der Waals surface area contributed by atoms with Gasteiger partial charge in [-0.05, 0) is 92.8 Å². The van der Waals surface area contributed by atoms with Crippen molar-refractivity contribution in [3.05, 3.63) is 92.7 Å². The molecule has 3 unspecified atom stereocenters. The van der Waals surface area contributed by atoms with Crippen LogP contribution >= 0.6 is 23.2 Å². The average molecular weight is 639 g/mol. The van der Waals surface area contributed by atoms with E-state index in [0.29, 0.717) is 38.2 Å². The molecule has 0 aromatic heterocycles. The standard InChI is InChI=1S/C34H34Cl2FN3O4/c1-19-6-9-22(37)16-23(19)30-34(25-10-7-21(36)15-27(25)38-31(34)42)26(17-29(41)39-30)24-14-20(35)8-11-28(24)44-18-33(2,3)32(43)40-12-4-5-13-40/h6-11,14-16,26,30H,4-5,12-13,17-18H2,1-3H3,(H,38,42)(H,39,41). The number of aryl methyl sites for hydroxylation is 1. The van der Waals surface area contributed by atoms with Crippen LogP contribution in [0.2, 0.25) is 10.0 Å². The molecule has 0 saturated carbocycles. The maximum absolute atomic E-state index is 14.7. The van der Waals surface area contributed by atoms with E-state index in [4.69, 9.17) is 27.9 Å². The summed E-state index contributed by atoms with van der Waals surface area (Å²) < 4.78 is 21.2. The van der Waals surface area contributed by atoms with Crippen LogP contribution in [0.25, 0.3) is 0 Å². The quantitative estimate of drug-likeness (QED) is 0.315. The van der Waals surface area contributed by atoms with E-state index in [1.54, 1.807) is 42.5 Å². The Morgan fingerprint density at radius 1 is 1.02 bits per heavy atom. The van der Waals surface area contributed by atoms with E-state index in [0.717, 1.165) is 31.5 Å². The van der Waals surface area contributed by atoms with Crippen LogP contribution in [0.1, 0.15) is 67.3 Å². The molecule has 3 atom stereocenters. The number of halogens is 3. The summed E-state index contributed by atoms with van der Waals surface area (Å²) in [6, 6.07) is 13.7. The lowest BCUT2D eigenvalue weighted by Gasteiger charge is -2.47. The van der Waals surface area contributed by atoms with Gasteiger partial charge in [-0.15, -0.1) is 0 Å². The van der Waals surface area contributed by atoms with E-state index < -0.39 is 28.6 Å². The van der Waals surface area contributed by atoms with E-state index in [2.05, 4.69) is 10.6 Å². The molecule has 7 nitrogen and oxygen atoms in total. The smallest absolute Gasteiger partial charge is 0.238 e. The summed E-state index contributed by atoms with van der Waals surface area (Å²) in [4.78, 5) is 43.1. The summed E-state index contributed by atoms with van der Waals surface area (Å²) in [6.45, 7) is 7.06. The van der Waals surface area contributed by atoms with Crippen molar-refractivity contribution in [2.24, 2.45) is 5.41 Å². The first-order valence-corrected chi connectivity index (χ1v) is 15.6. The van der Waals surface area contributed by atoms with E-state index in [1.165, 1.54) is 12.1 Å². The molecule has 3 amide bonds. The fourth-order valence-electron chi connectivity index (χ4n) is 7.03. The average Bonchev–Trinajstić information content (AvgIpc) is 3.61. The minimum atomic E-state index is -1.41. The largest absolute Gasteiger partial charge is 0.492 e. The van der Waals surface area contributed by atoms with Gasteiger partial charge in [-0.2, -0.15) is 0 Å². The first-order chi connectivity index (χ1) is 20.9. The number of likely N-dealkylation sites (tertiary alicyclic amines) is 1. The van der Waals surface area contributed by atoms with E-state index in [-0.39, 0.29) is 30.7 Å². The third-order valence-corrected chi connectivity index (χ3v) is 9.68. The number of carbonyl (C=O) groups excluding carboxylic acids is 3. The third-order valence-electron chi connectivity index (χ3n) is 9.21. The van der Waals surface area contributed by atoms with Crippen LogP contribution in [-0.4, -0.2) is 42.3 Å². The van der Waals surface area contributed by atoms with E-state index in [1.807, 2.05) is 25.7 Å². The number of nitrogens with one attached hydrogen (secondary N) is 2. The number of anilines is 1. The van der Waals surface area contributed by atoms with E-state index in [9.17, 15) is 18.8 Å². The Morgan fingerprint density at radius 3 is 2.48 bits per heavy atom. The zero-order valence-corrected chi connectivity index (χ0v) is 26.3. The van der Waals surface area contributed by atoms with Gasteiger partial charge < -0.3 is 20.3 Å². The molecule has 3 aromatic carbocycles. The topological polar surface area (TPSA) is 87.7 Å². The van der Waals surface area contributed by atoms with Crippen LogP contribution in [0.15, 0.2) is 54.6 Å². The van der Waals surface area contributed by atoms with Gasteiger partial charge in [0.1, 0.15) is 23.6 Å². The monoisotopic (exact) mass is 637 g/mol. The Morgan fingerprint density at radius 2 is 1.73 bits per heavy atom. The normalized spacial score (nSPS) is 23.0. The van der Waals surface area contributed by atoms with Crippen LogP contribution in [0.4, 0.5) is 10.1 Å². The molecule has 3 aliphatic heterocycles. The summed E-state index contributed by atoms with van der Waals surface area (Å²) in [7, 11) is 0. The highest BCUT2D eigenvalue weighted by Gasteiger charge is 2.62. The zero-order chi connectivity index (χ0) is 31.4. The second kappa shape index (κ2) is 11.4. The molecule has 230 valence electrons. The fourth-order valence-corrected chi connectivity index (χ4v) is 7.39. The van der Waals surface area contributed by atoms with Crippen molar-refractivity contribution in [2.45, 2.75) is 57.4 Å². The lowest BCUT2D eigenvalue weighted by molar-refractivity contribution is -0.140. The Labute approximate surface area is 266 Å². The van der Waals surface area contributed by atoms with Crippen LogP contribution in [0.3, 0.4) is 0 Å². The number of hydrogen-bond acceptors (Lipinski definition) is 4. The molecular formula is C34H34Cl2FN3O4. The number of carbonyl (C=O) groups is 3. The van der Waals surface area contributed by atoms with Gasteiger partial charge in [0, 0.05) is 46.7 Å². The second-order valence-corrected chi connectivity index (χ2v) is 13.5. The van der Waals surface area contributed by atoms with Crippen molar-refractivity contribution in [2.75, 3.05) is 25.0 Å². The molecule has 3 aromatic rings. The van der Waals surface area contributed by atoms with Gasteiger partial charge in [0.15, 0.2) is 0 Å². The molecule has 2 N–H and O–H groups in total. The van der Waals surface area contributed by atoms with Gasteiger partial charge >= 0.3 is 0 Å². The Kier molecular flexibility index (Phi) is 7.87. The highest BCUT2D eigenvalue weighted by atomic mass is 35.5. The molecule has 2 saturated heterocycles. The van der Waals surface area contributed by atoms with Gasteiger partial charge in [-0.1, -0.05) is 35.3 Å². The number of hydrogen-bond donors (Lipinski definition) is 2. The first kappa shape index (κ1) is 30.4. The minimum absolute atomic E-state index is 0.0154. The number of fused-ring (bicyclic) bond motifs is 2. The highest BCUT2D eigenvalue weighted by molar-refractivity contribution is 6.31. The number of amides is 3. The van der Waals surface area contributed by atoms with Crippen molar-refractivity contribution >= 4 is 46.6 Å². The predicted molar refractivity (Wildman–Crippen MR) is 168 cm³/mol. The van der Waals surface area contributed by atoms with Gasteiger partial charge in [0.25, 0.3) is 0 Å². The van der Waals surface area contributed by atoms with Crippen molar-refractivity contribution in [3.63, 3.8) is 0 Å². The summed E-state index contributed by atoms with van der Waals surface area (Å²) >= 11 is 12.9. The Balaban J connectivity index is 1.50. The Hall–Kier alpha value is -3.62. The minimum Gasteiger partial charge on any atom is -0.492 e. The zero-order valence-electron chi connectivity index (χ0n) is 24.8. The predicted octanol–water partition coefficient (Wildman–Crippen LogP) is 6.70. The molecule has 0 radical (unpaired) electrons. The molecule has 3 aliphatic rings. The second-order valence-electron chi connectivity index (χ2n) is 12.6. The maximum atomic E-state index is 14.7. The summed E-state index contributed by atoms with van der Waals surface area (Å²) in [5, 5.41) is 6.86. The number of benzene rings is 3. The number of piperidine rings is 1. The number of nitrogens with zero attached hydrogens (tertiary/aromatic N) is 1. The molecule has 0 bridgehead atoms. The van der Waals surface area contributed by atoms with Crippen molar-refractivity contribution in [3.8, 4) is 5.75 Å². The van der Waals surface area contributed by atoms with Crippen molar-refractivity contribution < 1.29 is 23.5 Å². The fraction of sp³-hybridized carbons (Fsp3) is 0.382.